The van der Waals surface area contributed by atoms with Gasteiger partial charge in [-0.2, -0.15) is 0 Å². The fourth-order valence-electron chi connectivity index (χ4n) is 3.71. The number of carbonyl (C=O) groups excluding carboxylic acids is 1. The van der Waals surface area contributed by atoms with Crippen LogP contribution < -0.4 is 9.47 Å². The second-order valence-electron chi connectivity index (χ2n) is 7.73. The molecule has 0 aliphatic rings. The maximum atomic E-state index is 13.6. The number of carboxylic acid groups (broad SMARTS) is 1. The topological polar surface area (TPSA) is 89.0 Å². The summed E-state index contributed by atoms with van der Waals surface area (Å²) in [5, 5.41) is 9.80. The number of carbonyl (C=O) groups is 2. The molecule has 10 heteroatoms. The summed E-state index contributed by atoms with van der Waals surface area (Å²) >= 11 is 1.20. The Bertz CT molecular complexity index is 1160. The maximum Gasteiger partial charge on any atom is 0.355 e. The van der Waals surface area contributed by atoms with Crippen molar-refractivity contribution in [1.29, 1.82) is 0 Å². The summed E-state index contributed by atoms with van der Waals surface area (Å²) in [6.07, 6.45) is -1.49. The lowest BCUT2D eigenvalue weighted by Gasteiger charge is -2.23. The van der Waals surface area contributed by atoms with E-state index in [-0.39, 0.29) is 29.3 Å². The van der Waals surface area contributed by atoms with Crippen molar-refractivity contribution in [3.63, 3.8) is 0 Å². The van der Waals surface area contributed by atoms with E-state index in [0.717, 1.165) is 12.0 Å². The number of benzene rings is 2. The number of thiazole rings is 1. The van der Waals surface area contributed by atoms with E-state index in [1.807, 2.05) is 30.3 Å². The largest absolute Gasteiger partial charge is 0.496 e. The van der Waals surface area contributed by atoms with Gasteiger partial charge < -0.3 is 19.5 Å². The number of hydrogen-bond donors (Lipinski definition) is 1. The summed E-state index contributed by atoms with van der Waals surface area (Å²) in [4.78, 5) is 31.2. The molecule has 0 bridgehead atoms. The van der Waals surface area contributed by atoms with Gasteiger partial charge in [-0.3, -0.25) is 4.79 Å². The predicted molar refractivity (Wildman–Crippen MR) is 128 cm³/mol. The highest BCUT2D eigenvalue weighted by atomic mass is 32.1. The average molecular weight is 505 g/mol. The van der Waals surface area contributed by atoms with Crippen molar-refractivity contribution in [2.24, 2.45) is 0 Å². The lowest BCUT2D eigenvalue weighted by atomic mass is 10.1. The van der Waals surface area contributed by atoms with Gasteiger partial charge in [0.2, 0.25) is 0 Å². The number of alkyl halides is 2. The molecule has 0 fully saturated rings. The molecule has 0 saturated heterocycles. The number of methoxy groups -OCH3 is 2. The van der Waals surface area contributed by atoms with Gasteiger partial charge in [0.1, 0.15) is 22.1 Å². The smallest absolute Gasteiger partial charge is 0.355 e. The molecule has 1 N–H and O–H groups in total. The number of aryl methyl sites for hydroxylation is 2. The van der Waals surface area contributed by atoms with Crippen LogP contribution in [0.5, 0.6) is 11.5 Å². The Kier molecular flexibility index (Phi) is 8.75. The van der Waals surface area contributed by atoms with Gasteiger partial charge in [0.05, 0.1) is 20.8 Å². The van der Waals surface area contributed by atoms with Gasteiger partial charge in [0.15, 0.2) is 5.69 Å². The number of rotatable bonds is 11. The number of hydrogen-bond acceptors (Lipinski definition) is 6. The van der Waals surface area contributed by atoms with E-state index in [1.165, 1.54) is 42.6 Å². The highest BCUT2D eigenvalue weighted by molar-refractivity contribution is 7.11. The van der Waals surface area contributed by atoms with Crippen molar-refractivity contribution in [2.45, 2.75) is 32.7 Å². The Balaban J connectivity index is 1.91. The first-order valence-electron chi connectivity index (χ1n) is 10.8. The van der Waals surface area contributed by atoms with Gasteiger partial charge in [-0.1, -0.05) is 30.3 Å². The van der Waals surface area contributed by atoms with Crippen LogP contribution in [-0.2, 0) is 13.0 Å². The first kappa shape index (κ1) is 26.1. The quantitative estimate of drug-likeness (QED) is 0.377. The van der Waals surface area contributed by atoms with Gasteiger partial charge in [0.25, 0.3) is 12.3 Å². The van der Waals surface area contributed by atoms with E-state index in [9.17, 15) is 23.5 Å². The van der Waals surface area contributed by atoms with E-state index >= 15 is 0 Å². The third kappa shape index (κ3) is 6.33. The summed E-state index contributed by atoms with van der Waals surface area (Å²) in [5.41, 5.74) is 0.757. The first-order chi connectivity index (χ1) is 16.7. The van der Waals surface area contributed by atoms with Crippen LogP contribution in [0.4, 0.5) is 8.78 Å². The van der Waals surface area contributed by atoms with Crippen LogP contribution in [0.25, 0.3) is 0 Å². The summed E-state index contributed by atoms with van der Waals surface area (Å²) in [7, 11) is 2.50. The molecule has 186 valence electrons. The predicted octanol–water partition coefficient (Wildman–Crippen LogP) is 5.38. The molecular weight excluding hydrogens is 478 g/mol. The van der Waals surface area contributed by atoms with Gasteiger partial charge in [-0.05, 0) is 37.5 Å². The lowest BCUT2D eigenvalue weighted by molar-refractivity contribution is 0.0690. The summed E-state index contributed by atoms with van der Waals surface area (Å²) in [5.74, 6) is -1.86. The second kappa shape index (κ2) is 11.7. The van der Waals surface area contributed by atoms with Gasteiger partial charge >= 0.3 is 5.97 Å². The van der Waals surface area contributed by atoms with Crippen molar-refractivity contribution in [2.75, 3.05) is 20.8 Å². The third-order valence-corrected chi connectivity index (χ3v) is 6.36. The molecular formula is C25H26F2N2O5S. The molecule has 0 aliphatic heterocycles. The monoisotopic (exact) mass is 504 g/mol. The molecule has 3 rings (SSSR count). The van der Waals surface area contributed by atoms with Gasteiger partial charge in [-0.25, -0.2) is 18.6 Å². The molecule has 0 spiro atoms. The standard InChI is InChI=1S/C25H26F2N2O5S/c1-15-22(25(31)32)28-20(35-15)14-29(11-7-10-16-8-5-4-6-9-16)24(30)17-12-18(33-2)21(23(26)27)19(13-17)34-3/h4-6,8-9,12-13,23H,7,10-11,14H2,1-3H3,(H,31,32). The van der Waals surface area contributed by atoms with Crippen LogP contribution in [0.2, 0.25) is 0 Å². The van der Waals surface area contributed by atoms with Crippen molar-refractivity contribution in [3.8, 4) is 11.5 Å². The molecule has 0 saturated carbocycles. The number of amides is 1. The van der Waals surface area contributed by atoms with Crippen molar-refractivity contribution >= 4 is 23.2 Å². The minimum atomic E-state index is -2.85. The zero-order chi connectivity index (χ0) is 25.5. The van der Waals surface area contributed by atoms with Gasteiger partial charge in [-0.15, -0.1) is 11.3 Å². The second-order valence-corrected chi connectivity index (χ2v) is 9.02. The first-order valence-corrected chi connectivity index (χ1v) is 11.6. The molecule has 35 heavy (non-hydrogen) atoms. The van der Waals surface area contributed by atoms with Crippen molar-refractivity contribution in [1.82, 2.24) is 9.88 Å². The molecule has 2 aromatic carbocycles. The zero-order valence-corrected chi connectivity index (χ0v) is 20.4. The molecule has 0 aliphatic carbocycles. The van der Waals surface area contributed by atoms with E-state index in [1.54, 1.807) is 6.92 Å². The Morgan fingerprint density at radius 2 is 1.74 bits per heavy atom. The SMILES string of the molecule is COc1cc(C(=O)N(CCCc2ccccc2)Cc2nc(C(=O)O)c(C)s2)cc(OC)c1C(F)F. The molecule has 7 nitrogen and oxygen atoms in total. The Labute approximate surface area is 205 Å². The molecule has 3 aromatic rings. The van der Waals surface area contributed by atoms with Crippen LogP contribution in [0, 0.1) is 6.92 Å². The number of ether oxygens (including phenoxy) is 2. The van der Waals surface area contributed by atoms with Gasteiger partial charge in [0, 0.05) is 17.0 Å². The fourth-order valence-corrected chi connectivity index (χ4v) is 4.65. The molecule has 0 radical (unpaired) electrons. The van der Waals surface area contributed by atoms with E-state index in [4.69, 9.17) is 9.47 Å². The highest BCUT2D eigenvalue weighted by Crippen LogP contribution is 2.38. The van der Waals surface area contributed by atoms with Crippen LogP contribution in [0.3, 0.4) is 0 Å². The number of carboxylic acids is 1. The Hall–Kier alpha value is -3.53. The van der Waals surface area contributed by atoms with E-state index < -0.39 is 23.9 Å². The summed E-state index contributed by atoms with van der Waals surface area (Å²) in [6, 6.07) is 12.3. The van der Waals surface area contributed by atoms with Crippen LogP contribution in [0.1, 0.15) is 54.7 Å². The van der Waals surface area contributed by atoms with Crippen LogP contribution in [-0.4, -0.2) is 47.6 Å². The van der Waals surface area contributed by atoms with Crippen LogP contribution in [0.15, 0.2) is 42.5 Å². The normalized spacial score (nSPS) is 10.9. The highest BCUT2D eigenvalue weighted by Gasteiger charge is 2.26. The summed E-state index contributed by atoms with van der Waals surface area (Å²) < 4.78 is 37.4. The van der Waals surface area contributed by atoms with E-state index in [0.29, 0.717) is 22.9 Å². The molecule has 1 heterocycles. The summed E-state index contributed by atoms with van der Waals surface area (Å²) in [6.45, 7) is 2.08. The third-order valence-electron chi connectivity index (χ3n) is 5.40. The maximum absolute atomic E-state index is 13.6. The molecule has 0 atom stereocenters. The lowest BCUT2D eigenvalue weighted by Crippen LogP contribution is -2.32. The average Bonchev–Trinajstić information content (AvgIpc) is 3.22. The zero-order valence-electron chi connectivity index (χ0n) is 19.6. The molecule has 0 unspecified atom stereocenters. The Morgan fingerprint density at radius 3 is 2.26 bits per heavy atom. The Morgan fingerprint density at radius 1 is 1.11 bits per heavy atom. The molecule has 1 aromatic heterocycles. The van der Waals surface area contributed by atoms with Crippen LogP contribution >= 0.6 is 11.3 Å². The van der Waals surface area contributed by atoms with Crippen molar-refractivity contribution in [3.05, 3.63) is 74.7 Å². The minimum absolute atomic E-state index is 0.0497. The minimum Gasteiger partial charge on any atom is -0.496 e. The number of aromatic nitrogens is 1. The van der Waals surface area contributed by atoms with E-state index in [2.05, 4.69) is 4.98 Å². The molecule has 1 amide bonds. The number of halogens is 2. The number of aromatic carboxylic acids is 1. The number of nitrogens with zero attached hydrogens (tertiary/aromatic N) is 2. The van der Waals surface area contributed by atoms with Crippen molar-refractivity contribution < 1.29 is 33.0 Å². The fraction of sp³-hybridized carbons (Fsp3) is 0.320.